The normalized spacial score (nSPS) is 12.4. The summed E-state index contributed by atoms with van der Waals surface area (Å²) in [4.78, 5) is 24.2. The molecule has 6 heteroatoms. The number of imidazole rings is 1. The van der Waals surface area contributed by atoms with E-state index in [2.05, 4.69) is 27.6 Å². The molecule has 0 spiro atoms. The molecule has 2 aromatic carbocycles. The van der Waals surface area contributed by atoms with Gasteiger partial charge in [-0.1, -0.05) is 42.5 Å². The standard InChI is InChI=1S/C19H16N4OS/c1-23-15(12-7-3-2-4-8-12)11-20-18(23)16(25)17-21-14-10-6-5-9-13(14)19(24)22-17/h2-11,16,25H,1H3,(H,21,22,24). The minimum absolute atomic E-state index is 0.169. The van der Waals surface area contributed by atoms with Gasteiger partial charge in [0.1, 0.15) is 16.9 Å². The van der Waals surface area contributed by atoms with Gasteiger partial charge in [-0.05, 0) is 17.7 Å². The maximum atomic E-state index is 12.3. The summed E-state index contributed by atoms with van der Waals surface area (Å²) >= 11 is 4.66. The third-order valence-electron chi connectivity index (χ3n) is 4.23. The monoisotopic (exact) mass is 348 g/mol. The third-order valence-corrected chi connectivity index (χ3v) is 4.70. The van der Waals surface area contributed by atoms with Gasteiger partial charge in [-0.15, -0.1) is 0 Å². The Morgan fingerprint density at radius 2 is 1.80 bits per heavy atom. The van der Waals surface area contributed by atoms with Gasteiger partial charge in [-0.25, -0.2) is 9.97 Å². The molecular formula is C19H16N4OS. The largest absolute Gasteiger partial charge is 0.330 e. The van der Waals surface area contributed by atoms with Gasteiger partial charge in [-0.3, -0.25) is 4.79 Å². The van der Waals surface area contributed by atoms with Crippen molar-refractivity contribution in [1.82, 2.24) is 19.5 Å². The van der Waals surface area contributed by atoms with Crippen molar-refractivity contribution >= 4 is 23.5 Å². The maximum absolute atomic E-state index is 12.3. The fraction of sp³-hybridized carbons (Fsp3) is 0.105. The van der Waals surface area contributed by atoms with Crippen LogP contribution in [0.3, 0.4) is 0 Å². The molecule has 0 bridgehead atoms. The van der Waals surface area contributed by atoms with Crippen LogP contribution >= 0.6 is 12.6 Å². The molecule has 0 saturated heterocycles. The summed E-state index contributed by atoms with van der Waals surface area (Å²) in [7, 11) is 1.94. The van der Waals surface area contributed by atoms with E-state index < -0.39 is 5.25 Å². The van der Waals surface area contributed by atoms with Gasteiger partial charge in [0, 0.05) is 7.05 Å². The fourth-order valence-electron chi connectivity index (χ4n) is 2.91. The zero-order chi connectivity index (χ0) is 17.4. The smallest absolute Gasteiger partial charge is 0.258 e. The lowest BCUT2D eigenvalue weighted by molar-refractivity contribution is 0.793. The number of hydrogen-bond donors (Lipinski definition) is 2. The van der Waals surface area contributed by atoms with E-state index >= 15 is 0 Å². The van der Waals surface area contributed by atoms with Crippen molar-refractivity contribution in [1.29, 1.82) is 0 Å². The van der Waals surface area contributed by atoms with Gasteiger partial charge in [0.2, 0.25) is 0 Å². The number of fused-ring (bicyclic) bond motifs is 1. The SMILES string of the molecule is Cn1c(-c2ccccc2)cnc1C(S)c1nc2ccccc2c(=O)[nH]1. The Labute approximate surface area is 149 Å². The van der Waals surface area contributed by atoms with Gasteiger partial charge < -0.3 is 9.55 Å². The topological polar surface area (TPSA) is 63.6 Å². The van der Waals surface area contributed by atoms with Gasteiger partial charge in [0.25, 0.3) is 5.56 Å². The van der Waals surface area contributed by atoms with Crippen LogP contribution in [-0.4, -0.2) is 19.5 Å². The highest BCUT2D eigenvalue weighted by Crippen LogP contribution is 2.28. The zero-order valence-corrected chi connectivity index (χ0v) is 14.4. The molecule has 0 amide bonds. The molecule has 124 valence electrons. The van der Waals surface area contributed by atoms with E-state index in [1.165, 1.54) is 0 Å². The number of benzene rings is 2. The van der Waals surface area contributed by atoms with Crippen LogP contribution in [0.4, 0.5) is 0 Å². The number of rotatable bonds is 3. The van der Waals surface area contributed by atoms with Crippen LogP contribution in [0.5, 0.6) is 0 Å². The van der Waals surface area contributed by atoms with Crippen LogP contribution in [0.1, 0.15) is 16.9 Å². The number of aromatic nitrogens is 4. The van der Waals surface area contributed by atoms with Crippen LogP contribution < -0.4 is 5.56 Å². The number of H-pyrrole nitrogens is 1. The first-order valence-electron chi connectivity index (χ1n) is 7.89. The summed E-state index contributed by atoms with van der Waals surface area (Å²) in [6.45, 7) is 0. The number of para-hydroxylation sites is 1. The minimum Gasteiger partial charge on any atom is -0.330 e. The molecule has 0 radical (unpaired) electrons. The number of thiol groups is 1. The van der Waals surface area contributed by atoms with Crippen molar-refractivity contribution in [2.24, 2.45) is 7.05 Å². The highest BCUT2D eigenvalue weighted by Gasteiger charge is 2.20. The van der Waals surface area contributed by atoms with Crippen molar-refractivity contribution < 1.29 is 0 Å². The van der Waals surface area contributed by atoms with Gasteiger partial charge >= 0.3 is 0 Å². The van der Waals surface area contributed by atoms with Crippen molar-refractivity contribution in [3.05, 3.63) is 82.8 Å². The predicted octanol–water partition coefficient (Wildman–Crippen LogP) is 3.34. The number of nitrogens with zero attached hydrogens (tertiary/aromatic N) is 3. The molecule has 0 fully saturated rings. The Kier molecular flexibility index (Phi) is 3.89. The molecule has 0 aliphatic carbocycles. The van der Waals surface area contributed by atoms with Crippen LogP contribution in [0.25, 0.3) is 22.2 Å². The van der Waals surface area contributed by atoms with E-state index in [-0.39, 0.29) is 5.56 Å². The quantitative estimate of drug-likeness (QED) is 0.558. The summed E-state index contributed by atoms with van der Waals surface area (Å²) in [5.41, 5.74) is 2.54. The average Bonchev–Trinajstić information content (AvgIpc) is 3.03. The molecule has 4 aromatic rings. The second kappa shape index (κ2) is 6.22. The molecule has 0 aliphatic rings. The Morgan fingerprint density at radius 1 is 1.08 bits per heavy atom. The number of aromatic amines is 1. The lowest BCUT2D eigenvalue weighted by Crippen LogP contribution is -2.15. The lowest BCUT2D eigenvalue weighted by Gasteiger charge is -2.12. The van der Waals surface area contributed by atoms with E-state index in [1.54, 1.807) is 6.07 Å². The molecule has 2 aromatic heterocycles. The number of nitrogens with one attached hydrogen (secondary N) is 1. The van der Waals surface area contributed by atoms with E-state index in [0.29, 0.717) is 16.7 Å². The van der Waals surface area contributed by atoms with Crippen LogP contribution in [0.15, 0.2) is 65.6 Å². The summed E-state index contributed by atoms with van der Waals surface area (Å²) in [6, 6.07) is 17.3. The van der Waals surface area contributed by atoms with E-state index in [9.17, 15) is 4.79 Å². The van der Waals surface area contributed by atoms with Crippen LogP contribution in [-0.2, 0) is 7.05 Å². The van der Waals surface area contributed by atoms with Crippen molar-refractivity contribution in [3.63, 3.8) is 0 Å². The van der Waals surface area contributed by atoms with E-state index in [1.807, 2.05) is 66.3 Å². The fourth-order valence-corrected chi connectivity index (χ4v) is 3.27. The van der Waals surface area contributed by atoms with Crippen molar-refractivity contribution in [2.75, 3.05) is 0 Å². The maximum Gasteiger partial charge on any atom is 0.258 e. The van der Waals surface area contributed by atoms with Crippen molar-refractivity contribution in [2.45, 2.75) is 5.25 Å². The molecule has 2 heterocycles. The zero-order valence-electron chi connectivity index (χ0n) is 13.5. The Morgan fingerprint density at radius 3 is 2.60 bits per heavy atom. The molecule has 0 aliphatic heterocycles. The lowest BCUT2D eigenvalue weighted by atomic mass is 10.2. The predicted molar refractivity (Wildman–Crippen MR) is 102 cm³/mol. The van der Waals surface area contributed by atoms with Gasteiger partial charge in [0.05, 0.1) is 22.8 Å². The molecule has 1 N–H and O–H groups in total. The highest BCUT2D eigenvalue weighted by molar-refractivity contribution is 7.80. The first-order chi connectivity index (χ1) is 12.1. The summed E-state index contributed by atoms with van der Waals surface area (Å²) in [5, 5.41) is 0.136. The molecule has 1 atom stereocenters. The van der Waals surface area contributed by atoms with Gasteiger partial charge in [-0.2, -0.15) is 12.6 Å². The minimum atomic E-state index is -0.431. The second-order valence-electron chi connectivity index (χ2n) is 5.80. The molecule has 5 nitrogen and oxygen atoms in total. The molecular weight excluding hydrogens is 332 g/mol. The first kappa shape index (κ1) is 15.7. The van der Waals surface area contributed by atoms with E-state index in [4.69, 9.17) is 0 Å². The molecule has 25 heavy (non-hydrogen) atoms. The summed E-state index contributed by atoms with van der Waals surface area (Å²) < 4.78 is 1.97. The summed E-state index contributed by atoms with van der Waals surface area (Å²) in [5.74, 6) is 1.21. The Bertz CT molecular complexity index is 1100. The van der Waals surface area contributed by atoms with Crippen LogP contribution in [0, 0.1) is 0 Å². The average molecular weight is 348 g/mol. The molecule has 4 rings (SSSR count). The van der Waals surface area contributed by atoms with Crippen molar-refractivity contribution in [3.8, 4) is 11.3 Å². The number of hydrogen-bond acceptors (Lipinski definition) is 4. The highest BCUT2D eigenvalue weighted by atomic mass is 32.1. The van der Waals surface area contributed by atoms with Crippen LogP contribution in [0.2, 0.25) is 0 Å². The molecule has 1 unspecified atom stereocenters. The first-order valence-corrected chi connectivity index (χ1v) is 8.41. The molecule has 0 saturated carbocycles. The third kappa shape index (κ3) is 2.74. The van der Waals surface area contributed by atoms with Gasteiger partial charge in [0.15, 0.2) is 0 Å². The second-order valence-corrected chi connectivity index (χ2v) is 6.31. The van der Waals surface area contributed by atoms with E-state index in [0.717, 1.165) is 17.1 Å². The Hall–Kier alpha value is -2.86. The summed E-state index contributed by atoms with van der Waals surface area (Å²) in [6.07, 6.45) is 1.81. The Balaban J connectivity index is 1.78.